The predicted molar refractivity (Wildman–Crippen MR) is 63.4 cm³/mol. The van der Waals surface area contributed by atoms with Crippen LogP contribution in [0, 0.1) is 5.82 Å². The SMILES string of the molecule is Fc1ccc(Oc2nc(C3CC3)ns2)cc1C(F)(F)F. The van der Waals surface area contributed by atoms with Crippen molar-refractivity contribution in [3.05, 3.63) is 35.4 Å². The fourth-order valence-electron chi connectivity index (χ4n) is 1.65. The van der Waals surface area contributed by atoms with Crippen LogP contribution in [0.15, 0.2) is 18.2 Å². The number of rotatable bonds is 3. The van der Waals surface area contributed by atoms with E-state index in [0.717, 1.165) is 36.5 Å². The minimum atomic E-state index is -4.76. The van der Waals surface area contributed by atoms with E-state index in [4.69, 9.17) is 4.74 Å². The molecule has 20 heavy (non-hydrogen) atoms. The first-order valence-electron chi connectivity index (χ1n) is 5.81. The summed E-state index contributed by atoms with van der Waals surface area (Å²) < 4.78 is 60.1. The van der Waals surface area contributed by atoms with Crippen LogP contribution in [0.3, 0.4) is 0 Å². The Morgan fingerprint density at radius 3 is 2.65 bits per heavy atom. The summed E-state index contributed by atoms with van der Waals surface area (Å²) in [5.74, 6) is -0.455. The van der Waals surface area contributed by atoms with Gasteiger partial charge in [-0.15, -0.1) is 0 Å². The lowest BCUT2D eigenvalue weighted by atomic mass is 10.2. The lowest BCUT2D eigenvalue weighted by Gasteiger charge is -2.09. The Labute approximate surface area is 115 Å². The normalized spacial score (nSPS) is 15.4. The molecule has 0 radical (unpaired) electrons. The van der Waals surface area contributed by atoms with Crippen LogP contribution in [0.4, 0.5) is 17.6 Å². The third-order valence-corrected chi connectivity index (χ3v) is 3.42. The minimum absolute atomic E-state index is 0.114. The summed E-state index contributed by atoms with van der Waals surface area (Å²) in [6.45, 7) is 0. The molecule has 0 saturated heterocycles. The van der Waals surface area contributed by atoms with E-state index >= 15 is 0 Å². The molecule has 1 aromatic heterocycles. The van der Waals surface area contributed by atoms with Crippen molar-refractivity contribution in [3.8, 4) is 10.9 Å². The van der Waals surface area contributed by atoms with Crippen LogP contribution in [-0.4, -0.2) is 9.36 Å². The molecule has 1 fully saturated rings. The van der Waals surface area contributed by atoms with Crippen molar-refractivity contribution >= 4 is 11.5 Å². The second kappa shape index (κ2) is 4.69. The Kier molecular flexibility index (Phi) is 3.12. The van der Waals surface area contributed by atoms with Gasteiger partial charge in [-0.3, -0.25) is 0 Å². The van der Waals surface area contributed by atoms with E-state index in [-0.39, 0.29) is 10.9 Å². The van der Waals surface area contributed by atoms with Gasteiger partial charge < -0.3 is 4.74 Å². The van der Waals surface area contributed by atoms with E-state index in [1.807, 2.05) is 0 Å². The standard InChI is InChI=1S/C12H8F4N2OS/c13-9-4-3-7(5-8(9)12(14,15)16)19-11-17-10(18-20-11)6-1-2-6/h3-6H,1-2H2. The lowest BCUT2D eigenvalue weighted by Crippen LogP contribution is -2.08. The molecule has 1 aliphatic carbocycles. The molecule has 8 heteroatoms. The second-order valence-electron chi connectivity index (χ2n) is 4.43. The quantitative estimate of drug-likeness (QED) is 0.790. The highest BCUT2D eigenvalue weighted by Gasteiger charge is 2.34. The van der Waals surface area contributed by atoms with Crippen molar-refractivity contribution < 1.29 is 22.3 Å². The molecule has 106 valence electrons. The molecule has 1 saturated carbocycles. The van der Waals surface area contributed by atoms with Crippen LogP contribution in [0.25, 0.3) is 0 Å². The van der Waals surface area contributed by atoms with Gasteiger partial charge in [0.1, 0.15) is 17.4 Å². The van der Waals surface area contributed by atoms with E-state index in [0.29, 0.717) is 17.8 Å². The lowest BCUT2D eigenvalue weighted by molar-refractivity contribution is -0.140. The molecule has 0 bridgehead atoms. The molecule has 1 heterocycles. The largest absolute Gasteiger partial charge is 0.430 e. The first-order valence-corrected chi connectivity index (χ1v) is 6.59. The first-order chi connectivity index (χ1) is 9.43. The highest BCUT2D eigenvalue weighted by molar-refractivity contribution is 7.07. The molecule has 0 N–H and O–H groups in total. The van der Waals surface area contributed by atoms with Gasteiger partial charge in [0.2, 0.25) is 0 Å². The Balaban J connectivity index is 1.82. The summed E-state index contributed by atoms with van der Waals surface area (Å²) in [6, 6.07) is 2.47. The van der Waals surface area contributed by atoms with Crippen LogP contribution in [0.2, 0.25) is 0 Å². The van der Waals surface area contributed by atoms with Crippen molar-refractivity contribution in [2.24, 2.45) is 0 Å². The molecular formula is C12H8F4N2OS. The number of alkyl halides is 3. The maximum atomic E-state index is 13.1. The first kappa shape index (κ1) is 13.3. The topological polar surface area (TPSA) is 35.0 Å². The summed E-state index contributed by atoms with van der Waals surface area (Å²) in [5.41, 5.74) is -1.36. The summed E-state index contributed by atoms with van der Waals surface area (Å²) >= 11 is 0.972. The van der Waals surface area contributed by atoms with Crippen LogP contribution in [0.5, 0.6) is 10.9 Å². The minimum Gasteiger partial charge on any atom is -0.430 e. The van der Waals surface area contributed by atoms with Gasteiger partial charge in [0.15, 0.2) is 0 Å². The van der Waals surface area contributed by atoms with Crippen molar-refractivity contribution in [2.45, 2.75) is 24.9 Å². The van der Waals surface area contributed by atoms with Crippen LogP contribution >= 0.6 is 11.5 Å². The molecule has 3 nitrogen and oxygen atoms in total. The van der Waals surface area contributed by atoms with Crippen molar-refractivity contribution in [1.29, 1.82) is 0 Å². The smallest absolute Gasteiger partial charge is 0.419 e. The fourth-order valence-corrected chi connectivity index (χ4v) is 2.28. The zero-order valence-corrected chi connectivity index (χ0v) is 10.8. The molecule has 2 aromatic rings. The molecule has 1 aliphatic rings. The van der Waals surface area contributed by atoms with Crippen LogP contribution < -0.4 is 4.74 Å². The van der Waals surface area contributed by atoms with E-state index in [1.54, 1.807) is 0 Å². The Hall–Kier alpha value is -1.70. The van der Waals surface area contributed by atoms with Gasteiger partial charge >= 0.3 is 6.18 Å². The molecule has 1 aromatic carbocycles. The number of ether oxygens (including phenoxy) is 1. The fraction of sp³-hybridized carbons (Fsp3) is 0.333. The Morgan fingerprint density at radius 2 is 2.00 bits per heavy atom. The van der Waals surface area contributed by atoms with Crippen molar-refractivity contribution in [2.75, 3.05) is 0 Å². The maximum absolute atomic E-state index is 13.1. The zero-order valence-electron chi connectivity index (χ0n) is 9.95. The summed E-state index contributed by atoms with van der Waals surface area (Å²) in [4.78, 5) is 4.09. The van der Waals surface area contributed by atoms with E-state index in [2.05, 4.69) is 9.36 Å². The van der Waals surface area contributed by atoms with Crippen molar-refractivity contribution in [1.82, 2.24) is 9.36 Å². The average molecular weight is 304 g/mol. The maximum Gasteiger partial charge on any atom is 0.419 e. The highest BCUT2D eigenvalue weighted by atomic mass is 32.1. The number of hydrogen-bond donors (Lipinski definition) is 0. The average Bonchev–Trinajstić information content (AvgIpc) is 3.12. The summed E-state index contributed by atoms with van der Waals surface area (Å²) in [7, 11) is 0. The molecule has 0 spiro atoms. The van der Waals surface area contributed by atoms with Gasteiger partial charge in [-0.25, -0.2) is 4.39 Å². The third kappa shape index (κ3) is 2.74. The molecular weight excluding hydrogens is 296 g/mol. The number of nitrogens with zero attached hydrogens (tertiary/aromatic N) is 2. The Bertz CT molecular complexity index is 637. The monoisotopic (exact) mass is 304 g/mol. The van der Waals surface area contributed by atoms with Crippen molar-refractivity contribution in [3.63, 3.8) is 0 Å². The molecule has 3 rings (SSSR count). The zero-order chi connectivity index (χ0) is 14.3. The van der Waals surface area contributed by atoms with Gasteiger partial charge in [0.05, 0.1) is 5.56 Å². The number of benzene rings is 1. The molecule has 0 unspecified atom stereocenters. The van der Waals surface area contributed by atoms with Gasteiger partial charge in [-0.1, -0.05) is 0 Å². The Morgan fingerprint density at radius 1 is 1.25 bits per heavy atom. The highest BCUT2D eigenvalue weighted by Crippen LogP contribution is 2.40. The number of aromatic nitrogens is 2. The summed E-state index contributed by atoms with van der Waals surface area (Å²) in [6.07, 6.45) is -2.72. The van der Waals surface area contributed by atoms with E-state index in [1.165, 1.54) is 0 Å². The van der Waals surface area contributed by atoms with Gasteiger partial charge in [0.25, 0.3) is 5.19 Å². The van der Waals surface area contributed by atoms with E-state index in [9.17, 15) is 17.6 Å². The van der Waals surface area contributed by atoms with Gasteiger partial charge in [-0.2, -0.15) is 22.5 Å². The van der Waals surface area contributed by atoms with Gasteiger partial charge in [0, 0.05) is 17.5 Å². The number of hydrogen-bond acceptors (Lipinski definition) is 4. The second-order valence-corrected chi connectivity index (χ2v) is 5.15. The molecule has 0 aliphatic heterocycles. The van der Waals surface area contributed by atoms with Crippen LogP contribution in [0.1, 0.15) is 30.1 Å². The van der Waals surface area contributed by atoms with Gasteiger partial charge in [-0.05, 0) is 31.0 Å². The predicted octanol–water partition coefficient (Wildman–Crippen LogP) is 4.37. The summed E-state index contributed by atoms with van der Waals surface area (Å²) in [5, 5.41) is 0.159. The van der Waals surface area contributed by atoms with Crippen LogP contribution in [-0.2, 0) is 6.18 Å². The van der Waals surface area contributed by atoms with E-state index < -0.39 is 17.6 Å². The molecule has 0 atom stereocenters. The third-order valence-electron chi connectivity index (χ3n) is 2.81. The molecule has 0 amide bonds. The number of halogens is 4.